The van der Waals surface area contributed by atoms with Crippen LogP contribution in [0.15, 0.2) is 48.5 Å². The Morgan fingerprint density at radius 1 is 1.12 bits per heavy atom. The molecule has 2 N–H and O–H groups in total. The predicted molar refractivity (Wildman–Crippen MR) is 101 cm³/mol. The fraction of sp³-hybridized carbons (Fsp3) is 0.211. The second kappa shape index (κ2) is 8.44. The summed E-state index contributed by atoms with van der Waals surface area (Å²) in [6.07, 6.45) is 1.91. The Balaban J connectivity index is 1.44. The number of carboxylic acids is 1. The lowest BCUT2D eigenvalue weighted by Crippen LogP contribution is -2.12. The van der Waals surface area contributed by atoms with E-state index in [0.29, 0.717) is 17.9 Å². The molecule has 0 saturated heterocycles. The summed E-state index contributed by atoms with van der Waals surface area (Å²) in [7, 11) is 0. The van der Waals surface area contributed by atoms with Gasteiger partial charge in [0.05, 0.1) is 15.2 Å². The molecule has 0 atom stereocenters. The van der Waals surface area contributed by atoms with Crippen LogP contribution in [0, 0.1) is 0 Å². The fourth-order valence-corrected chi connectivity index (χ4v) is 3.44. The van der Waals surface area contributed by atoms with Crippen molar-refractivity contribution in [3.63, 3.8) is 0 Å². The van der Waals surface area contributed by atoms with Crippen molar-refractivity contribution in [3.8, 4) is 5.75 Å². The van der Waals surface area contributed by atoms with Crippen molar-refractivity contribution in [2.24, 2.45) is 0 Å². The van der Waals surface area contributed by atoms with Crippen LogP contribution in [0.1, 0.15) is 17.8 Å². The third kappa shape index (κ3) is 5.03. The summed E-state index contributed by atoms with van der Waals surface area (Å²) in [6.45, 7) is -0.391. The number of para-hydroxylation sites is 1. The Morgan fingerprint density at radius 3 is 2.62 bits per heavy atom. The molecule has 26 heavy (non-hydrogen) atoms. The molecule has 0 spiro atoms. The van der Waals surface area contributed by atoms with Gasteiger partial charge in [-0.3, -0.25) is 4.79 Å². The summed E-state index contributed by atoms with van der Waals surface area (Å²) < 4.78 is 6.21. The number of ether oxygens (including phenoxy) is 1. The monoisotopic (exact) mass is 370 g/mol. The van der Waals surface area contributed by atoms with Crippen LogP contribution in [0.4, 0.5) is 5.69 Å². The first-order valence-corrected chi connectivity index (χ1v) is 9.01. The number of aryl methyl sites for hydroxylation is 1. The highest BCUT2D eigenvalue weighted by Crippen LogP contribution is 2.23. The number of hydrogen-bond acceptors (Lipinski definition) is 5. The average Bonchev–Trinajstić information content (AvgIpc) is 3.04. The van der Waals surface area contributed by atoms with E-state index in [1.165, 1.54) is 0 Å². The van der Waals surface area contributed by atoms with Gasteiger partial charge in [0.2, 0.25) is 5.91 Å². The van der Waals surface area contributed by atoms with Gasteiger partial charge in [0.25, 0.3) is 0 Å². The summed E-state index contributed by atoms with van der Waals surface area (Å²) >= 11 is 1.66. The van der Waals surface area contributed by atoms with Crippen LogP contribution in [0.2, 0.25) is 0 Å². The van der Waals surface area contributed by atoms with Gasteiger partial charge in [0, 0.05) is 12.1 Å². The number of benzene rings is 2. The van der Waals surface area contributed by atoms with Gasteiger partial charge in [0.1, 0.15) is 5.75 Å². The van der Waals surface area contributed by atoms with Gasteiger partial charge >= 0.3 is 5.97 Å². The number of rotatable bonds is 8. The highest BCUT2D eigenvalue weighted by Gasteiger charge is 2.07. The Labute approximate surface area is 154 Å². The SMILES string of the molecule is O=C(O)COc1ccc(NC(=O)CCCc2nc3ccccc3s2)cc1. The van der Waals surface area contributed by atoms with Gasteiger partial charge in [-0.05, 0) is 49.2 Å². The minimum Gasteiger partial charge on any atom is -0.482 e. The maximum atomic E-state index is 12.0. The standard InChI is InChI=1S/C19H18N2O4S/c22-17(20-13-8-10-14(11-9-13)25-12-19(23)24)6-3-7-18-21-15-4-1-2-5-16(15)26-18/h1-2,4-5,8-11H,3,6-7,12H2,(H,20,22)(H,23,24). The lowest BCUT2D eigenvalue weighted by molar-refractivity contribution is -0.139. The molecule has 0 aliphatic rings. The highest BCUT2D eigenvalue weighted by atomic mass is 32.1. The molecule has 7 heteroatoms. The van der Waals surface area contributed by atoms with Crippen molar-refractivity contribution in [2.75, 3.05) is 11.9 Å². The first-order valence-electron chi connectivity index (χ1n) is 8.19. The molecule has 1 aromatic heterocycles. The Bertz CT molecular complexity index is 872. The molecule has 0 radical (unpaired) electrons. The molecule has 1 amide bonds. The Morgan fingerprint density at radius 2 is 1.88 bits per heavy atom. The van der Waals surface area contributed by atoms with E-state index in [-0.39, 0.29) is 5.91 Å². The molecule has 0 aliphatic carbocycles. The number of amides is 1. The van der Waals surface area contributed by atoms with Gasteiger partial charge in [0.15, 0.2) is 6.61 Å². The zero-order chi connectivity index (χ0) is 18.4. The zero-order valence-corrected chi connectivity index (χ0v) is 14.8. The van der Waals surface area contributed by atoms with E-state index in [4.69, 9.17) is 9.84 Å². The number of fused-ring (bicyclic) bond motifs is 1. The Kier molecular flexibility index (Phi) is 5.80. The van der Waals surface area contributed by atoms with Crippen molar-refractivity contribution in [2.45, 2.75) is 19.3 Å². The molecule has 2 aromatic carbocycles. The van der Waals surface area contributed by atoms with E-state index in [2.05, 4.69) is 10.3 Å². The molecule has 0 unspecified atom stereocenters. The molecule has 0 aliphatic heterocycles. The van der Waals surface area contributed by atoms with Gasteiger partial charge < -0.3 is 15.2 Å². The third-order valence-electron chi connectivity index (χ3n) is 3.63. The van der Waals surface area contributed by atoms with Gasteiger partial charge in [-0.1, -0.05) is 12.1 Å². The minimum atomic E-state index is -1.03. The lowest BCUT2D eigenvalue weighted by atomic mass is 10.2. The van der Waals surface area contributed by atoms with Crippen LogP contribution in [0.3, 0.4) is 0 Å². The van der Waals surface area contributed by atoms with Crippen LogP contribution in [-0.4, -0.2) is 28.6 Å². The number of nitrogens with zero attached hydrogens (tertiary/aromatic N) is 1. The maximum absolute atomic E-state index is 12.0. The molecular weight excluding hydrogens is 352 g/mol. The first kappa shape index (κ1) is 17.9. The van der Waals surface area contributed by atoms with Crippen LogP contribution < -0.4 is 10.1 Å². The van der Waals surface area contributed by atoms with Crippen molar-refractivity contribution in [1.82, 2.24) is 4.98 Å². The van der Waals surface area contributed by atoms with E-state index < -0.39 is 12.6 Å². The number of thiazole rings is 1. The quantitative estimate of drug-likeness (QED) is 0.631. The number of hydrogen-bond donors (Lipinski definition) is 2. The van der Waals surface area contributed by atoms with E-state index >= 15 is 0 Å². The van der Waals surface area contributed by atoms with Crippen LogP contribution in [0.25, 0.3) is 10.2 Å². The van der Waals surface area contributed by atoms with E-state index in [0.717, 1.165) is 28.1 Å². The predicted octanol–water partition coefficient (Wildman–Crippen LogP) is 3.72. The van der Waals surface area contributed by atoms with Crippen LogP contribution >= 0.6 is 11.3 Å². The summed E-state index contributed by atoms with van der Waals surface area (Å²) in [4.78, 5) is 27.1. The number of carbonyl (C=O) groups excluding carboxylic acids is 1. The van der Waals surface area contributed by atoms with Gasteiger partial charge in [-0.2, -0.15) is 0 Å². The number of anilines is 1. The number of aliphatic carboxylic acids is 1. The summed E-state index contributed by atoms with van der Waals surface area (Å²) in [5, 5.41) is 12.4. The normalized spacial score (nSPS) is 10.6. The first-order chi connectivity index (χ1) is 12.6. The lowest BCUT2D eigenvalue weighted by Gasteiger charge is -2.07. The summed E-state index contributed by atoms with van der Waals surface area (Å²) in [5.41, 5.74) is 1.65. The number of carbonyl (C=O) groups is 2. The number of carboxylic acid groups (broad SMARTS) is 1. The molecule has 0 bridgehead atoms. The summed E-state index contributed by atoms with van der Waals surface area (Å²) in [6, 6.07) is 14.6. The molecule has 3 aromatic rings. The molecule has 134 valence electrons. The highest BCUT2D eigenvalue weighted by molar-refractivity contribution is 7.18. The van der Waals surface area contributed by atoms with Crippen molar-refractivity contribution < 1.29 is 19.4 Å². The average molecular weight is 370 g/mol. The van der Waals surface area contributed by atoms with E-state index in [9.17, 15) is 9.59 Å². The zero-order valence-electron chi connectivity index (χ0n) is 14.0. The van der Waals surface area contributed by atoms with Crippen molar-refractivity contribution >= 4 is 39.1 Å². The maximum Gasteiger partial charge on any atom is 0.341 e. The van der Waals surface area contributed by atoms with E-state index in [1.807, 2.05) is 24.3 Å². The van der Waals surface area contributed by atoms with Gasteiger partial charge in [-0.15, -0.1) is 11.3 Å². The molecular formula is C19H18N2O4S. The van der Waals surface area contributed by atoms with Gasteiger partial charge in [-0.25, -0.2) is 9.78 Å². The second-order valence-electron chi connectivity index (χ2n) is 5.68. The number of aromatic nitrogens is 1. The molecule has 6 nitrogen and oxygen atoms in total. The Hall–Kier alpha value is -2.93. The fourth-order valence-electron chi connectivity index (χ4n) is 2.43. The van der Waals surface area contributed by atoms with Crippen molar-refractivity contribution in [1.29, 1.82) is 0 Å². The molecule has 0 fully saturated rings. The minimum absolute atomic E-state index is 0.0645. The smallest absolute Gasteiger partial charge is 0.341 e. The third-order valence-corrected chi connectivity index (χ3v) is 4.73. The van der Waals surface area contributed by atoms with E-state index in [1.54, 1.807) is 35.6 Å². The molecule has 0 saturated carbocycles. The van der Waals surface area contributed by atoms with Crippen LogP contribution in [-0.2, 0) is 16.0 Å². The summed E-state index contributed by atoms with van der Waals surface area (Å²) in [5.74, 6) is -0.651. The van der Waals surface area contributed by atoms with Crippen LogP contribution in [0.5, 0.6) is 5.75 Å². The molecule has 3 rings (SSSR count). The number of nitrogens with one attached hydrogen (secondary N) is 1. The molecule has 1 heterocycles. The largest absolute Gasteiger partial charge is 0.482 e. The topological polar surface area (TPSA) is 88.5 Å². The second-order valence-corrected chi connectivity index (χ2v) is 6.80. The van der Waals surface area contributed by atoms with Crippen molar-refractivity contribution in [3.05, 3.63) is 53.5 Å².